The van der Waals surface area contributed by atoms with Gasteiger partial charge in [0.15, 0.2) is 6.61 Å². The Labute approximate surface area is 188 Å². The number of carbonyl (C=O) groups is 2. The average molecular weight is 463 g/mol. The van der Waals surface area contributed by atoms with E-state index in [1.54, 1.807) is 16.9 Å². The SMILES string of the molecule is CC1CC(C)CN(S(=O)(=O)c2ccc(C(=O)OCC(=O)Nc3ccnn3C(C)C)cc2)C1. The highest BCUT2D eigenvalue weighted by atomic mass is 32.2. The Hall–Kier alpha value is -2.72. The molecule has 174 valence electrons. The number of hydrogen-bond donors (Lipinski definition) is 1. The highest BCUT2D eigenvalue weighted by Gasteiger charge is 2.31. The quantitative estimate of drug-likeness (QED) is 0.634. The molecule has 1 saturated heterocycles. The summed E-state index contributed by atoms with van der Waals surface area (Å²) in [6.45, 7) is 8.46. The first kappa shape index (κ1) is 23.9. The fourth-order valence-corrected chi connectivity index (χ4v) is 5.61. The highest BCUT2D eigenvalue weighted by molar-refractivity contribution is 7.89. The second-order valence-electron chi connectivity index (χ2n) is 8.67. The van der Waals surface area contributed by atoms with Crippen molar-refractivity contribution in [3.05, 3.63) is 42.1 Å². The van der Waals surface area contributed by atoms with Crippen molar-refractivity contribution in [1.82, 2.24) is 14.1 Å². The van der Waals surface area contributed by atoms with Gasteiger partial charge in [-0.05, 0) is 56.4 Å². The molecule has 1 aliphatic heterocycles. The predicted octanol–water partition coefficient (Wildman–Crippen LogP) is 2.93. The van der Waals surface area contributed by atoms with E-state index in [-0.39, 0.29) is 16.5 Å². The van der Waals surface area contributed by atoms with E-state index >= 15 is 0 Å². The number of amides is 1. The Balaban J connectivity index is 1.59. The minimum Gasteiger partial charge on any atom is -0.452 e. The van der Waals surface area contributed by atoms with Gasteiger partial charge in [-0.3, -0.25) is 4.79 Å². The predicted molar refractivity (Wildman–Crippen MR) is 120 cm³/mol. The van der Waals surface area contributed by atoms with Gasteiger partial charge in [-0.25, -0.2) is 17.9 Å². The molecule has 0 aliphatic carbocycles. The average Bonchev–Trinajstić information content (AvgIpc) is 3.19. The largest absolute Gasteiger partial charge is 0.452 e. The number of aromatic nitrogens is 2. The molecule has 2 atom stereocenters. The summed E-state index contributed by atoms with van der Waals surface area (Å²) in [7, 11) is -3.63. The Bertz CT molecular complexity index is 1050. The molecule has 1 aromatic carbocycles. The highest BCUT2D eigenvalue weighted by Crippen LogP contribution is 2.26. The molecule has 2 heterocycles. The van der Waals surface area contributed by atoms with Crippen molar-refractivity contribution in [2.45, 2.75) is 45.1 Å². The smallest absolute Gasteiger partial charge is 0.338 e. The minimum absolute atomic E-state index is 0.0639. The number of esters is 1. The Morgan fingerprint density at radius 3 is 2.34 bits per heavy atom. The number of benzene rings is 1. The Kier molecular flexibility index (Phi) is 7.35. The van der Waals surface area contributed by atoms with E-state index in [0.29, 0.717) is 30.7 Å². The summed E-state index contributed by atoms with van der Waals surface area (Å²) >= 11 is 0. The number of carbonyl (C=O) groups excluding carboxylic acids is 2. The van der Waals surface area contributed by atoms with E-state index in [1.165, 1.54) is 28.6 Å². The summed E-state index contributed by atoms with van der Waals surface area (Å²) in [6, 6.07) is 7.32. The van der Waals surface area contributed by atoms with Crippen LogP contribution in [0.2, 0.25) is 0 Å². The molecule has 32 heavy (non-hydrogen) atoms. The summed E-state index contributed by atoms with van der Waals surface area (Å²) in [5, 5.41) is 6.77. The van der Waals surface area contributed by atoms with Gasteiger partial charge in [0.05, 0.1) is 16.7 Å². The van der Waals surface area contributed by atoms with Gasteiger partial charge in [0, 0.05) is 25.2 Å². The first-order valence-corrected chi connectivity index (χ1v) is 12.1. The van der Waals surface area contributed by atoms with Crippen molar-refractivity contribution >= 4 is 27.7 Å². The number of ether oxygens (including phenoxy) is 1. The number of sulfonamides is 1. The maximum absolute atomic E-state index is 13.0. The van der Waals surface area contributed by atoms with E-state index < -0.39 is 28.5 Å². The number of nitrogens with one attached hydrogen (secondary N) is 1. The first-order chi connectivity index (χ1) is 15.1. The standard InChI is InChI=1S/C22H30N4O5S/c1-15(2)26-20(9-10-23-26)24-21(27)14-31-22(28)18-5-7-19(8-6-18)32(29,30)25-12-16(3)11-17(4)13-25/h5-10,15-17H,11-14H2,1-4H3,(H,24,27). The van der Waals surface area contributed by atoms with Crippen LogP contribution in [0.5, 0.6) is 0 Å². The number of nitrogens with zero attached hydrogens (tertiary/aromatic N) is 3. The van der Waals surface area contributed by atoms with E-state index in [0.717, 1.165) is 6.42 Å². The molecule has 0 saturated carbocycles. The van der Waals surface area contributed by atoms with Crippen molar-refractivity contribution in [1.29, 1.82) is 0 Å². The van der Waals surface area contributed by atoms with Crippen molar-refractivity contribution in [3.63, 3.8) is 0 Å². The maximum Gasteiger partial charge on any atom is 0.338 e. The van der Waals surface area contributed by atoms with Gasteiger partial charge in [-0.15, -0.1) is 0 Å². The summed E-state index contributed by atoms with van der Waals surface area (Å²) < 4.78 is 34.1. The third-order valence-corrected chi connectivity index (χ3v) is 7.17. The lowest BCUT2D eigenvalue weighted by Crippen LogP contribution is -2.42. The fourth-order valence-electron chi connectivity index (χ4n) is 3.93. The maximum atomic E-state index is 13.0. The lowest BCUT2D eigenvalue weighted by Gasteiger charge is -2.34. The lowest BCUT2D eigenvalue weighted by molar-refractivity contribution is -0.119. The van der Waals surface area contributed by atoms with Crippen LogP contribution in [0.15, 0.2) is 41.4 Å². The monoisotopic (exact) mass is 462 g/mol. The number of rotatable bonds is 7. The fraction of sp³-hybridized carbons (Fsp3) is 0.500. The van der Waals surface area contributed by atoms with Crippen LogP contribution in [0.25, 0.3) is 0 Å². The zero-order valence-electron chi connectivity index (χ0n) is 18.8. The molecule has 1 fully saturated rings. The van der Waals surface area contributed by atoms with Gasteiger partial charge in [0.25, 0.3) is 5.91 Å². The van der Waals surface area contributed by atoms with Crippen LogP contribution in [0.1, 0.15) is 50.5 Å². The summed E-state index contributed by atoms with van der Waals surface area (Å²) in [6.07, 6.45) is 2.58. The van der Waals surface area contributed by atoms with Crippen molar-refractivity contribution < 1.29 is 22.7 Å². The topological polar surface area (TPSA) is 111 Å². The van der Waals surface area contributed by atoms with Crippen LogP contribution in [-0.2, 0) is 19.6 Å². The van der Waals surface area contributed by atoms with Crippen LogP contribution in [0, 0.1) is 11.8 Å². The van der Waals surface area contributed by atoms with Gasteiger partial charge in [0.2, 0.25) is 10.0 Å². The third-order valence-electron chi connectivity index (χ3n) is 5.32. The lowest BCUT2D eigenvalue weighted by atomic mass is 9.94. The third kappa shape index (κ3) is 5.55. The molecule has 1 aromatic heterocycles. The molecule has 2 aromatic rings. The number of anilines is 1. The van der Waals surface area contributed by atoms with Gasteiger partial charge >= 0.3 is 5.97 Å². The molecule has 0 bridgehead atoms. The normalized spacial score (nSPS) is 19.7. The van der Waals surface area contributed by atoms with Crippen LogP contribution < -0.4 is 5.32 Å². The van der Waals surface area contributed by atoms with Crippen molar-refractivity contribution in [3.8, 4) is 0 Å². The van der Waals surface area contributed by atoms with Crippen LogP contribution >= 0.6 is 0 Å². The van der Waals surface area contributed by atoms with Crippen LogP contribution in [-0.4, -0.2) is 54.1 Å². The van der Waals surface area contributed by atoms with Crippen LogP contribution in [0.3, 0.4) is 0 Å². The van der Waals surface area contributed by atoms with E-state index in [2.05, 4.69) is 10.4 Å². The Morgan fingerprint density at radius 1 is 1.12 bits per heavy atom. The second-order valence-corrected chi connectivity index (χ2v) is 10.6. The van der Waals surface area contributed by atoms with Gasteiger partial charge < -0.3 is 10.1 Å². The molecule has 0 spiro atoms. The number of hydrogen-bond acceptors (Lipinski definition) is 6. The summed E-state index contributed by atoms with van der Waals surface area (Å²) in [5.41, 5.74) is 0.171. The van der Waals surface area contributed by atoms with Gasteiger partial charge in [-0.2, -0.15) is 9.40 Å². The molecule has 10 heteroatoms. The van der Waals surface area contributed by atoms with E-state index in [9.17, 15) is 18.0 Å². The molecular formula is C22H30N4O5S. The first-order valence-electron chi connectivity index (χ1n) is 10.7. The van der Waals surface area contributed by atoms with E-state index in [1.807, 2.05) is 27.7 Å². The minimum atomic E-state index is -3.63. The molecule has 3 rings (SSSR count). The van der Waals surface area contributed by atoms with Gasteiger partial charge in [-0.1, -0.05) is 13.8 Å². The number of piperidine rings is 1. The summed E-state index contributed by atoms with van der Waals surface area (Å²) in [4.78, 5) is 24.6. The molecule has 1 amide bonds. The zero-order chi connectivity index (χ0) is 23.5. The molecule has 2 unspecified atom stereocenters. The van der Waals surface area contributed by atoms with Gasteiger partial charge in [0.1, 0.15) is 5.82 Å². The van der Waals surface area contributed by atoms with E-state index in [4.69, 9.17) is 4.74 Å². The van der Waals surface area contributed by atoms with Crippen LogP contribution in [0.4, 0.5) is 5.82 Å². The van der Waals surface area contributed by atoms with Crippen molar-refractivity contribution in [2.24, 2.45) is 11.8 Å². The molecule has 1 N–H and O–H groups in total. The molecule has 1 aliphatic rings. The van der Waals surface area contributed by atoms with Crippen molar-refractivity contribution in [2.75, 3.05) is 25.0 Å². The molecular weight excluding hydrogens is 432 g/mol. The second kappa shape index (κ2) is 9.83. The molecule has 9 nitrogen and oxygen atoms in total. The summed E-state index contributed by atoms with van der Waals surface area (Å²) in [5.74, 6) is -0.0897. The Morgan fingerprint density at radius 2 is 1.75 bits per heavy atom. The zero-order valence-corrected chi connectivity index (χ0v) is 19.6. The molecule has 0 radical (unpaired) electrons.